The van der Waals surface area contributed by atoms with E-state index in [1.54, 1.807) is 24.3 Å². The Morgan fingerprint density at radius 2 is 1.97 bits per heavy atom. The lowest BCUT2D eigenvalue weighted by molar-refractivity contribution is -0.141. The number of H-pyrrole nitrogens is 1. The average molecular weight is 427 g/mol. The van der Waals surface area contributed by atoms with Gasteiger partial charge >= 0.3 is 6.18 Å². The van der Waals surface area contributed by atoms with Crippen LogP contribution in [-0.2, 0) is 25.7 Å². The number of hydrogen-bond acceptors (Lipinski definition) is 4. The van der Waals surface area contributed by atoms with Crippen LogP contribution in [0.5, 0.6) is 0 Å². The number of nitrogens with one attached hydrogen (secondary N) is 3. The molecule has 2 aromatic heterocycles. The molecule has 1 amide bonds. The zero-order valence-electron chi connectivity index (χ0n) is 15.1. The second-order valence-electron chi connectivity index (χ2n) is 6.45. The average Bonchev–Trinajstić information content (AvgIpc) is 3.34. The maximum Gasteiger partial charge on any atom is 0.435 e. The van der Waals surface area contributed by atoms with Gasteiger partial charge in [0.1, 0.15) is 0 Å². The van der Waals surface area contributed by atoms with Gasteiger partial charge in [0.2, 0.25) is 0 Å². The van der Waals surface area contributed by atoms with E-state index < -0.39 is 11.9 Å². The van der Waals surface area contributed by atoms with E-state index in [0.29, 0.717) is 17.9 Å². The number of alkyl halides is 3. The Balaban J connectivity index is 0.00000240. The molecule has 0 atom stereocenters. The van der Waals surface area contributed by atoms with E-state index in [1.165, 1.54) is 6.20 Å². The molecule has 0 saturated carbocycles. The third-order valence-electron chi connectivity index (χ3n) is 4.55. The van der Waals surface area contributed by atoms with Crippen LogP contribution in [0.4, 0.5) is 13.2 Å². The summed E-state index contributed by atoms with van der Waals surface area (Å²) in [4.78, 5) is 12.4. The molecule has 154 valence electrons. The summed E-state index contributed by atoms with van der Waals surface area (Å²) in [6, 6.07) is 7.68. The highest BCUT2D eigenvalue weighted by Gasteiger charge is 2.33. The van der Waals surface area contributed by atoms with Crippen molar-refractivity contribution in [3.8, 4) is 5.69 Å². The number of rotatable bonds is 4. The molecule has 0 unspecified atom stereocenters. The Bertz CT molecular complexity index is 996. The first-order valence-electron chi connectivity index (χ1n) is 8.69. The van der Waals surface area contributed by atoms with Crippen molar-refractivity contribution in [1.82, 2.24) is 30.6 Å². The first-order chi connectivity index (χ1) is 13.4. The molecule has 11 heteroatoms. The van der Waals surface area contributed by atoms with Crippen LogP contribution in [-0.4, -0.2) is 32.4 Å². The van der Waals surface area contributed by atoms with Crippen LogP contribution in [0.1, 0.15) is 33.0 Å². The van der Waals surface area contributed by atoms with Crippen molar-refractivity contribution >= 4 is 18.3 Å². The first-order valence-corrected chi connectivity index (χ1v) is 8.69. The normalized spacial score (nSPS) is 13.5. The van der Waals surface area contributed by atoms with Gasteiger partial charge in [-0.15, -0.1) is 12.4 Å². The van der Waals surface area contributed by atoms with Crippen molar-refractivity contribution in [1.29, 1.82) is 0 Å². The standard InChI is InChI=1S/C18H17F3N6O.ClH/c19-18(20,21)15-6-8-27(26-15)12-3-1-11(2-4-12)9-23-17(28)16-13-10-22-7-5-14(13)24-25-16;/h1-4,6,8,22H,5,7,9-10H2,(H,23,28)(H,24,25);1H. The SMILES string of the molecule is Cl.O=C(NCc1ccc(-n2ccc(C(F)(F)F)n2)cc1)c1n[nH]c2c1CNCC2. The van der Waals surface area contributed by atoms with Gasteiger partial charge in [0.25, 0.3) is 5.91 Å². The van der Waals surface area contributed by atoms with Crippen molar-refractivity contribution in [2.75, 3.05) is 6.54 Å². The summed E-state index contributed by atoms with van der Waals surface area (Å²) >= 11 is 0. The number of nitrogens with zero attached hydrogens (tertiary/aromatic N) is 3. The molecule has 0 saturated heterocycles. The molecule has 3 heterocycles. The summed E-state index contributed by atoms with van der Waals surface area (Å²) in [5, 5.41) is 16.6. The highest BCUT2D eigenvalue weighted by Crippen LogP contribution is 2.27. The van der Waals surface area contributed by atoms with Crippen LogP contribution in [0.3, 0.4) is 0 Å². The van der Waals surface area contributed by atoms with Gasteiger partial charge in [-0.05, 0) is 23.8 Å². The number of aromatic nitrogens is 4. The number of hydrogen-bond donors (Lipinski definition) is 3. The van der Waals surface area contributed by atoms with Gasteiger partial charge in [-0.25, -0.2) is 4.68 Å². The molecule has 29 heavy (non-hydrogen) atoms. The molecule has 1 aliphatic rings. The smallest absolute Gasteiger partial charge is 0.347 e. The van der Waals surface area contributed by atoms with Gasteiger partial charge in [-0.2, -0.15) is 23.4 Å². The number of carbonyl (C=O) groups excluding carboxylic acids is 1. The largest absolute Gasteiger partial charge is 0.435 e. The Hall–Kier alpha value is -2.85. The second kappa shape index (κ2) is 8.26. The number of amides is 1. The quantitative estimate of drug-likeness (QED) is 0.598. The van der Waals surface area contributed by atoms with E-state index in [2.05, 4.69) is 25.9 Å². The van der Waals surface area contributed by atoms with E-state index in [1.807, 2.05) is 0 Å². The van der Waals surface area contributed by atoms with Crippen molar-refractivity contribution in [3.63, 3.8) is 0 Å². The van der Waals surface area contributed by atoms with E-state index in [9.17, 15) is 18.0 Å². The molecule has 0 spiro atoms. The monoisotopic (exact) mass is 426 g/mol. The summed E-state index contributed by atoms with van der Waals surface area (Å²) in [6.07, 6.45) is -2.41. The zero-order valence-corrected chi connectivity index (χ0v) is 15.9. The van der Waals surface area contributed by atoms with Gasteiger partial charge in [-0.3, -0.25) is 9.89 Å². The Morgan fingerprint density at radius 1 is 1.21 bits per heavy atom. The van der Waals surface area contributed by atoms with Gasteiger partial charge < -0.3 is 10.6 Å². The fourth-order valence-corrected chi connectivity index (χ4v) is 3.06. The van der Waals surface area contributed by atoms with Crippen LogP contribution >= 0.6 is 12.4 Å². The molecule has 0 fully saturated rings. The Kier molecular flexibility index (Phi) is 5.94. The van der Waals surface area contributed by atoms with Crippen LogP contribution in [0.2, 0.25) is 0 Å². The maximum atomic E-state index is 12.7. The zero-order chi connectivity index (χ0) is 19.7. The molecule has 1 aromatic carbocycles. The van der Waals surface area contributed by atoms with Crippen LogP contribution in [0, 0.1) is 0 Å². The van der Waals surface area contributed by atoms with E-state index in [4.69, 9.17) is 0 Å². The van der Waals surface area contributed by atoms with Gasteiger partial charge in [0.15, 0.2) is 11.4 Å². The fraction of sp³-hybridized carbons (Fsp3) is 0.278. The third-order valence-corrected chi connectivity index (χ3v) is 4.55. The van der Waals surface area contributed by atoms with Crippen LogP contribution in [0.15, 0.2) is 36.5 Å². The number of benzene rings is 1. The Morgan fingerprint density at radius 3 is 2.66 bits per heavy atom. The third kappa shape index (κ3) is 4.43. The van der Waals surface area contributed by atoms with Crippen molar-refractivity contribution in [2.24, 2.45) is 0 Å². The van der Waals surface area contributed by atoms with Gasteiger partial charge in [0.05, 0.1) is 5.69 Å². The molecule has 3 N–H and O–H groups in total. The fourth-order valence-electron chi connectivity index (χ4n) is 3.06. The summed E-state index contributed by atoms with van der Waals surface area (Å²) in [5.41, 5.74) is 2.61. The van der Waals surface area contributed by atoms with Crippen LogP contribution < -0.4 is 10.6 Å². The molecule has 1 aliphatic heterocycles. The lowest BCUT2D eigenvalue weighted by atomic mass is 10.1. The summed E-state index contributed by atoms with van der Waals surface area (Å²) in [6.45, 7) is 1.73. The van der Waals surface area contributed by atoms with Crippen molar-refractivity contribution < 1.29 is 18.0 Å². The maximum absolute atomic E-state index is 12.7. The summed E-state index contributed by atoms with van der Waals surface area (Å²) in [5.74, 6) is -0.271. The minimum absolute atomic E-state index is 0. The van der Waals surface area contributed by atoms with Crippen LogP contribution in [0.25, 0.3) is 5.69 Å². The highest BCUT2D eigenvalue weighted by molar-refractivity contribution is 5.94. The van der Waals surface area contributed by atoms with E-state index in [0.717, 1.165) is 40.5 Å². The second-order valence-corrected chi connectivity index (χ2v) is 6.45. The van der Waals surface area contributed by atoms with Gasteiger partial charge in [-0.1, -0.05) is 12.1 Å². The molecule has 0 bridgehead atoms. The topological polar surface area (TPSA) is 87.6 Å². The summed E-state index contributed by atoms with van der Waals surface area (Å²) < 4.78 is 39.1. The minimum atomic E-state index is -4.48. The lowest BCUT2D eigenvalue weighted by Crippen LogP contribution is -2.28. The predicted octanol–water partition coefficient (Wildman–Crippen LogP) is 2.61. The highest BCUT2D eigenvalue weighted by atomic mass is 35.5. The minimum Gasteiger partial charge on any atom is -0.347 e. The molecular weight excluding hydrogens is 409 g/mol. The lowest BCUT2D eigenvalue weighted by Gasteiger charge is -2.13. The Labute approximate surface area is 170 Å². The van der Waals surface area contributed by atoms with E-state index in [-0.39, 0.29) is 24.9 Å². The number of aromatic amines is 1. The molecule has 7 nitrogen and oxygen atoms in total. The number of carbonyl (C=O) groups is 1. The van der Waals surface area contributed by atoms with Crippen molar-refractivity contribution in [2.45, 2.75) is 25.7 Å². The summed E-state index contributed by atoms with van der Waals surface area (Å²) in [7, 11) is 0. The molecule has 0 radical (unpaired) electrons. The van der Waals surface area contributed by atoms with Crippen molar-refractivity contribution in [3.05, 3.63) is 64.7 Å². The number of halogens is 4. The molecule has 3 aromatic rings. The van der Waals surface area contributed by atoms with E-state index >= 15 is 0 Å². The van der Waals surface area contributed by atoms with Gasteiger partial charge in [0, 0.05) is 43.5 Å². The molecule has 0 aliphatic carbocycles. The molecule has 4 rings (SSSR count). The molecular formula is C18H18ClF3N6O. The number of fused-ring (bicyclic) bond motifs is 1. The predicted molar refractivity (Wildman–Crippen MR) is 101 cm³/mol. The first kappa shape index (κ1) is 20.9.